The number of carbonyl (C=O) groups is 1. The van der Waals surface area contributed by atoms with Gasteiger partial charge in [-0.25, -0.2) is 9.78 Å². The highest BCUT2D eigenvalue weighted by atomic mass is 16.6. The van der Waals surface area contributed by atoms with E-state index in [0.29, 0.717) is 43.8 Å². The van der Waals surface area contributed by atoms with Gasteiger partial charge in [0.15, 0.2) is 5.82 Å². The van der Waals surface area contributed by atoms with Gasteiger partial charge in [-0.15, -0.1) is 0 Å². The Morgan fingerprint density at radius 2 is 1.82 bits per heavy atom. The average Bonchev–Trinajstić information content (AvgIpc) is 3.26. The Labute approximate surface area is 162 Å². The number of ether oxygens (including phenoxy) is 1. The SMILES string of the molecule is Cn1c(-c2noc(N3CCN(C(=O)OC(C)(C)C)CC3)n2)nc2ccccc21. The summed E-state index contributed by atoms with van der Waals surface area (Å²) in [6.07, 6.45) is -0.293. The van der Waals surface area contributed by atoms with Crippen LogP contribution in [0.4, 0.5) is 10.8 Å². The lowest BCUT2D eigenvalue weighted by molar-refractivity contribution is 0.0238. The number of imidazole rings is 1. The van der Waals surface area contributed by atoms with Crippen LogP contribution in [0, 0.1) is 0 Å². The number of aromatic nitrogens is 4. The van der Waals surface area contributed by atoms with E-state index in [4.69, 9.17) is 9.26 Å². The second-order valence-corrected chi connectivity index (χ2v) is 7.84. The summed E-state index contributed by atoms with van der Waals surface area (Å²) in [4.78, 5) is 25.0. The Bertz CT molecular complexity index is 995. The molecule has 148 valence electrons. The van der Waals surface area contributed by atoms with Crippen LogP contribution in [0.5, 0.6) is 0 Å². The van der Waals surface area contributed by atoms with Crippen molar-refractivity contribution in [2.45, 2.75) is 26.4 Å². The lowest BCUT2D eigenvalue weighted by Crippen LogP contribution is -2.50. The van der Waals surface area contributed by atoms with Crippen molar-refractivity contribution in [3.63, 3.8) is 0 Å². The van der Waals surface area contributed by atoms with Gasteiger partial charge in [-0.05, 0) is 32.9 Å². The first-order chi connectivity index (χ1) is 13.3. The van der Waals surface area contributed by atoms with E-state index < -0.39 is 5.60 Å². The number of para-hydroxylation sites is 2. The van der Waals surface area contributed by atoms with E-state index in [9.17, 15) is 4.79 Å². The number of fused-ring (bicyclic) bond motifs is 1. The molecule has 3 aromatic rings. The maximum absolute atomic E-state index is 12.2. The van der Waals surface area contributed by atoms with Crippen molar-refractivity contribution in [1.29, 1.82) is 0 Å². The molecule has 2 aromatic heterocycles. The molecule has 28 heavy (non-hydrogen) atoms. The van der Waals surface area contributed by atoms with E-state index in [0.717, 1.165) is 11.0 Å². The van der Waals surface area contributed by atoms with Crippen LogP contribution >= 0.6 is 0 Å². The third kappa shape index (κ3) is 3.51. The zero-order chi connectivity index (χ0) is 19.9. The highest BCUT2D eigenvalue weighted by Gasteiger charge is 2.28. The molecule has 3 heterocycles. The minimum absolute atomic E-state index is 0.293. The first kappa shape index (κ1) is 18.3. The Morgan fingerprint density at radius 1 is 1.11 bits per heavy atom. The van der Waals surface area contributed by atoms with E-state index in [1.54, 1.807) is 4.90 Å². The van der Waals surface area contributed by atoms with Crippen molar-refractivity contribution in [3.8, 4) is 11.6 Å². The minimum atomic E-state index is -0.499. The summed E-state index contributed by atoms with van der Waals surface area (Å²) >= 11 is 0. The molecule has 0 bridgehead atoms. The third-order valence-electron chi connectivity index (χ3n) is 4.60. The van der Waals surface area contributed by atoms with Crippen LogP contribution < -0.4 is 4.90 Å². The molecule has 0 N–H and O–H groups in total. The maximum atomic E-state index is 12.2. The predicted octanol–water partition coefficient (Wildman–Crippen LogP) is 2.68. The summed E-state index contributed by atoms with van der Waals surface area (Å²) in [6, 6.07) is 8.31. The molecule has 1 fully saturated rings. The molecule has 0 spiro atoms. The predicted molar refractivity (Wildman–Crippen MR) is 104 cm³/mol. The van der Waals surface area contributed by atoms with E-state index >= 15 is 0 Å². The fraction of sp³-hybridized carbons (Fsp3) is 0.474. The van der Waals surface area contributed by atoms with Gasteiger partial charge in [0.1, 0.15) is 5.60 Å². The Morgan fingerprint density at radius 3 is 2.50 bits per heavy atom. The standard InChI is InChI=1S/C19H24N6O3/c1-19(2,3)27-18(26)25-11-9-24(10-12-25)17-21-15(22-28-17)16-20-13-7-5-6-8-14(13)23(16)4/h5-8H,9-12H2,1-4H3. The summed E-state index contributed by atoms with van der Waals surface area (Å²) in [5.41, 5.74) is 1.40. The van der Waals surface area contributed by atoms with Crippen LogP contribution in [0.3, 0.4) is 0 Å². The summed E-state index contributed by atoms with van der Waals surface area (Å²) in [5, 5.41) is 4.10. The van der Waals surface area contributed by atoms with Gasteiger partial charge >= 0.3 is 12.1 Å². The molecule has 9 nitrogen and oxygen atoms in total. The van der Waals surface area contributed by atoms with Crippen molar-refractivity contribution in [2.75, 3.05) is 31.1 Å². The van der Waals surface area contributed by atoms with Crippen LogP contribution in [0.1, 0.15) is 20.8 Å². The molecule has 1 aliphatic heterocycles. The summed E-state index contributed by atoms with van der Waals surface area (Å²) in [7, 11) is 1.93. The number of anilines is 1. The number of hydrogen-bond acceptors (Lipinski definition) is 7. The van der Waals surface area contributed by atoms with Crippen molar-refractivity contribution >= 4 is 23.1 Å². The lowest BCUT2D eigenvalue weighted by atomic mass is 10.2. The molecule has 0 aliphatic carbocycles. The second-order valence-electron chi connectivity index (χ2n) is 7.84. The first-order valence-corrected chi connectivity index (χ1v) is 9.30. The lowest BCUT2D eigenvalue weighted by Gasteiger charge is -2.34. The monoisotopic (exact) mass is 384 g/mol. The van der Waals surface area contributed by atoms with Gasteiger partial charge in [0, 0.05) is 33.2 Å². The van der Waals surface area contributed by atoms with Crippen molar-refractivity contribution in [1.82, 2.24) is 24.6 Å². The molecule has 0 radical (unpaired) electrons. The topological polar surface area (TPSA) is 89.5 Å². The Kier molecular flexibility index (Phi) is 4.44. The van der Waals surface area contributed by atoms with Crippen LogP contribution in [0.25, 0.3) is 22.7 Å². The van der Waals surface area contributed by atoms with Crippen molar-refractivity contribution < 1.29 is 14.1 Å². The van der Waals surface area contributed by atoms with Crippen LogP contribution in [-0.2, 0) is 11.8 Å². The summed E-state index contributed by atoms with van der Waals surface area (Å²) in [6.45, 7) is 7.87. The van der Waals surface area contributed by atoms with E-state index in [1.807, 2.05) is 61.6 Å². The van der Waals surface area contributed by atoms with Gasteiger partial charge in [0.2, 0.25) is 5.82 Å². The highest BCUT2D eigenvalue weighted by Crippen LogP contribution is 2.24. The highest BCUT2D eigenvalue weighted by molar-refractivity contribution is 5.79. The number of amides is 1. The van der Waals surface area contributed by atoms with Crippen LogP contribution in [0.15, 0.2) is 28.8 Å². The molecular weight excluding hydrogens is 360 g/mol. The summed E-state index contributed by atoms with van der Waals surface area (Å²) < 4.78 is 12.8. The normalized spacial score (nSPS) is 15.3. The van der Waals surface area contributed by atoms with Gasteiger partial charge in [0.25, 0.3) is 0 Å². The third-order valence-corrected chi connectivity index (χ3v) is 4.60. The van der Waals surface area contributed by atoms with Crippen molar-refractivity contribution in [2.24, 2.45) is 7.05 Å². The number of carbonyl (C=O) groups excluding carboxylic acids is 1. The maximum Gasteiger partial charge on any atom is 0.410 e. The molecule has 0 atom stereocenters. The molecule has 0 saturated carbocycles. The number of nitrogens with zero attached hydrogens (tertiary/aromatic N) is 6. The smallest absolute Gasteiger partial charge is 0.410 e. The number of rotatable bonds is 2. The molecule has 1 saturated heterocycles. The molecular formula is C19H24N6O3. The van der Waals surface area contributed by atoms with E-state index in [-0.39, 0.29) is 6.09 Å². The zero-order valence-corrected chi connectivity index (χ0v) is 16.5. The number of benzene rings is 1. The largest absolute Gasteiger partial charge is 0.444 e. The Hall–Kier alpha value is -3.10. The van der Waals surface area contributed by atoms with Gasteiger partial charge in [-0.1, -0.05) is 17.3 Å². The fourth-order valence-electron chi connectivity index (χ4n) is 3.19. The van der Waals surface area contributed by atoms with Crippen LogP contribution in [-0.4, -0.2) is 62.5 Å². The minimum Gasteiger partial charge on any atom is -0.444 e. The van der Waals surface area contributed by atoms with Gasteiger partial charge in [-0.3, -0.25) is 0 Å². The van der Waals surface area contributed by atoms with Gasteiger partial charge in [-0.2, -0.15) is 4.98 Å². The molecule has 1 aliphatic rings. The number of piperazine rings is 1. The quantitative estimate of drug-likeness (QED) is 0.671. The fourth-order valence-corrected chi connectivity index (χ4v) is 3.19. The molecule has 1 aromatic carbocycles. The van der Waals surface area contributed by atoms with Crippen LogP contribution in [0.2, 0.25) is 0 Å². The average molecular weight is 384 g/mol. The number of aryl methyl sites for hydroxylation is 1. The van der Waals surface area contributed by atoms with E-state index in [2.05, 4.69) is 15.1 Å². The van der Waals surface area contributed by atoms with Gasteiger partial charge in [0.05, 0.1) is 11.0 Å². The van der Waals surface area contributed by atoms with E-state index in [1.165, 1.54) is 0 Å². The first-order valence-electron chi connectivity index (χ1n) is 9.30. The zero-order valence-electron chi connectivity index (χ0n) is 16.5. The molecule has 1 amide bonds. The Balaban J connectivity index is 1.45. The summed E-state index contributed by atoms with van der Waals surface area (Å²) in [5.74, 6) is 1.10. The second kappa shape index (κ2) is 6.81. The molecule has 4 rings (SSSR count). The van der Waals surface area contributed by atoms with Crippen molar-refractivity contribution in [3.05, 3.63) is 24.3 Å². The molecule has 9 heteroatoms. The number of hydrogen-bond donors (Lipinski definition) is 0. The van der Waals surface area contributed by atoms with Gasteiger partial charge < -0.3 is 23.6 Å². The molecule has 0 unspecified atom stereocenters.